The van der Waals surface area contributed by atoms with Gasteiger partial charge in [-0.15, -0.1) is 0 Å². The highest BCUT2D eigenvalue weighted by Gasteiger charge is 1.57. The number of benzene rings is 1. The van der Waals surface area contributed by atoms with E-state index in [1.54, 1.807) is 0 Å². The van der Waals surface area contributed by atoms with Crippen LogP contribution in [0.25, 0.3) is 0 Å². The van der Waals surface area contributed by atoms with E-state index in [-0.39, 0.29) is 0 Å². The molecule has 0 saturated carbocycles. The summed E-state index contributed by atoms with van der Waals surface area (Å²) in [7, 11) is 2.12. The van der Waals surface area contributed by atoms with E-state index in [0.29, 0.717) is 0 Å². The Morgan fingerprint density at radius 2 is 1.00 bits per heavy atom. The number of hydrogen-bond acceptors (Lipinski definition) is 0. The lowest BCUT2D eigenvalue weighted by molar-refractivity contribution is 1.48. The molecule has 1 heteroatoms. The highest BCUT2D eigenvalue weighted by atomic mass is 13.6. The summed E-state index contributed by atoms with van der Waals surface area (Å²) in [5.41, 5.74) is 0. The van der Waals surface area contributed by atoms with Crippen molar-refractivity contribution < 1.29 is 0 Å². The summed E-state index contributed by atoms with van der Waals surface area (Å²) in [5, 5.41) is 0. The lowest BCUT2D eigenvalue weighted by Gasteiger charge is -1.69. The molecule has 0 radical (unpaired) electrons. The van der Waals surface area contributed by atoms with E-state index in [9.17, 15) is 0 Å². The average Bonchev–Trinajstić information content (AvgIpc) is 1.93. The van der Waals surface area contributed by atoms with Gasteiger partial charge in [-0.1, -0.05) is 49.6 Å². The van der Waals surface area contributed by atoms with Gasteiger partial charge in [-0.25, -0.2) is 0 Å². The third-order valence-electron chi connectivity index (χ3n) is 0.667. The van der Waals surface area contributed by atoms with Gasteiger partial charge in [-0.3, -0.25) is 0 Å². The van der Waals surface area contributed by atoms with Crippen molar-refractivity contribution in [3.63, 3.8) is 0 Å². The SMILES string of the molecule is BCC.c1ccccc1. The molecule has 0 fully saturated rings. The number of hydrogen-bond donors (Lipinski definition) is 0. The summed E-state index contributed by atoms with van der Waals surface area (Å²) < 4.78 is 0. The van der Waals surface area contributed by atoms with Gasteiger partial charge in [0.05, 0.1) is 0 Å². The molecule has 1 rings (SSSR count). The van der Waals surface area contributed by atoms with E-state index >= 15 is 0 Å². The maximum Gasteiger partial charge on any atom is 0.101 e. The molecule has 0 aliphatic rings. The lowest BCUT2D eigenvalue weighted by Crippen LogP contribution is -1.47. The standard InChI is InChI=1S/C6H6.C2H7B/c1-2-4-6-5-3-1;1-2-3/h1-6H;2-3H2,1H3. The van der Waals surface area contributed by atoms with Gasteiger partial charge in [0.25, 0.3) is 0 Å². The minimum absolute atomic E-state index is 1.25. The predicted molar refractivity (Wildman–Crippen MR) is 45.5 cm³/mol. The van der Waals surface area contributed by atoms with Crippen LogP contribution in [0.1, 0.15) is 6.92 Å². The van der Waals surface area contributed by atoms with Crippen molar-refractivity contribution in [1.82, 2.24) is 0 Å². The van der Waals surface area contributed by atoms with Crippen LogP contribution in [-0.2, 0) is 0 Å². The van der Waals surface area contributed by atoms with Gasteiger partial charge >= 0.3 is 0 Å². The largest absolute Gasteiger partial charge is 0.101 e. The summed E-state index contributed by atoms with van der Waals surface area (Å²) in [5.74, 6) is 0. The Bertz CT molecular complexity index is 87.4. The zero-order valence-corrected chi connectivity index (χ0v) is 6.17. The molecular formula is C8H13B. The molecule has 0 spiro atoms. The molecule has 0 aliphatic heterocycles. The van der Waals surface area contributed by atoms with Crippen LogP contribution in [0.3, 0.4) is 0 Å². The minimum Gasteiger partial charge on any atom is -0.0838 e. The molecule has 0 nitrogen and oxygen atoms in total. The Balaban J connectivity index is 0.000000187. The summed E-state index contributed by atoms with van der Waals surface area (Å²) in [6.45, 7) is 2.12. The molecule has 0 saturated heterocycles. The van der Waals surface area contributed by atoms with Gasteiger partial charge in [0.15, 0.2) is 0 Å². The molecule has 0 N–H and O–H groups in total. The number of rotatable bonds is 0. The van der Waals surface area contributed by atoms with Crippen LogP contribution in [0.2, 0.25) is 6.32 Å². The van der Waals surface area contributed by atoms with E-state index < -0.39 is 0 Å². The van der Waals surface area contributed by atoms with Crippen LogP contribution in [0.15, 0.2) is 36.4 Å². The Morgan fingerprint density at radius 1 is 0.889 bits per heavy atom. The fraction of sp³-hybridized carbons (Fsp3) is 0.250. The second-order valence-corrected chi connectivity index (χ2v) is 1.86. The van der Waals surface area contributed by atoms with Crippen molar-refractivity contribution in [3.8, 4) is 0 Å². The Morgan fingerprint density at radius 3 is 1.11 bits per heavy atom. The summed E-state index contributed by atoms with van der Waals surface area (Å²) in [4.78, 5) is 0. The van der Waals surface area contributed by atoms with Crippen LogP contribution < -0.4 is 0 Å². The first kappa shape index (κ1) is 8.28. The smallest absolute Gasteiger partial charge is 0.0838 e. The molecule has 9 heavy (non-hydrogen) atoms. The minimum atomic E-state index is 1.25. The van der Waals surface area contributed by atoms with Crippen molar-refractivity contribution >= 4 is 7.85 Å². The van der Waals surface area contributed by atoms with Crippen molar-refractivity contribution in [3.05, 3.63) is 36.4 Å². The van der Waals surface area contributed by atoms with E-state index in [4.69, 9.17) is 0 Å². The molecule has 0 heterocycles. The van der Waals surface area contributed by atoms with E-state index in [2.05, 4.69) is 14.8 Å². The monoisotopic (exact) mass is 120 g/mol. The molecule has 1 aromatic rings. The zero-order valence-electron chi connectivity index (χ0n) is 6.17. The zero-order chi connectivity index (χ0) is 6.95. The van der Waals surface area contributed by atoms with Gasteiger partial charge in [0, 0.05) is 0 Å². The molecule has 0 unspecified atom stereocenters. The van der Waals surface area contributed by atoms with Gasteiger partial charge in [0.2, 0.25) is 0 Å². The maximum absolute atomic E-state index is 2.12. The summed E-state index contributed by atoms with van der Waals surface area (Å²) >= 11 is 0. The molecule has 0 aromatic heterocycles. The molecule has 0 atom stereocenters. The molecule has 0 amide bonds. The van der Waals surface area contributed by atoms with Crippen LogP contribution >= 0.6 is 0 Å². The Labute approximate surface area is 58.3 Å². The van der Waals surface area contributed by atoms with Gasteiger partial charge in [-0.05, 0) is 0 Å². The Kier molecular flexibility index (Phi) is 6.71. The van der Waals surface area contributed by atoms with Crippen molar-refractivity contribution in [2.45, 2.75) is 13.2 Å². The first-order valence-electron chi connectivity index (χ1n) is 3.41. The van der Waals surface area contributed by atoms with Crippen LogP contribution in [-0.4, -0.2) is 7.85 Å². The van der Waals surface area contributed by atoms with Gasteiger partial charge in [0.1, 0.15) is 7.85 Å². The Hall–Kier alpha value is -0.715. The van der Waals surface area contributed by atoms with Crippen LogP contribution in [0.4, 0.5) is 0 Å². The quantitative estimate of drug-likeness (QED) is 0.457. The molecule has 0 bridgehead atoms. The van der Waals surface area contributed by atoms with Gasteiger partial charge in [-0.2, -0.15) is 0 Å². The molecule has 1 aromatic carbocycles. The van der Waals surface area contributed by atoms with Crippen LogP contribution in [0.5, 0.6) is 0 Å². The highest BCUT2D eigenvalue weighted by Crippen LogP contribution is 1.79. The summed E-state index contributed by atoms with van der Waals surface area (Å²) in [6.07, 6.45) is 1.25. The first-order valence-corrected chi connectivity index (χ1v) is 3.41. The van der Waals surface area contributed by atoms with Crippen molar-refractivity contribution in [1.29, 1.82) is 0 Å². The predicted octanol–water partition coefficient (Wildman–Crippen LogP) is 1.74. The topological polar surface area (TPSA) is 0 Å². The summed E-state index contributed by atoms with van der Waals surface area (Å²) in [6, 6.07) is 12.0. The van der Waals surface area contributed by atoms with Crippen LogP contribution in [0, 0.1) is 0 Å². The third-order valence-corrected chi connectivity index (χ3v) is 0.667. The fourth-order valence-corrected chi connectivity index (χ4v) is 0.385. The molecule has 0 aliphatic carbocycles. The first-order chi connectivity index (χ1) is 4.41. The van der Waals surface area contributed by atoms with Crippen molar-refractivity contribution in [2.24, 2.45) is 0 Å². The fourth-order valence-electron chi connectivity index (χ4n) is 0.385. The maximum atomic E-state index is 2.12. The van der Waals surface area contributed by atoms with E-state index in [0.717, 1.165) is 0 Å². The highest BCUT2D eigenvalue weighted by molar-refractivity contribution is 6.08. The van der Waals surface area contributed by atoms with E-state index in [1.807, 2.05) is 36.4 Å². The normalized spacial score (nSPS) is 7.22. The molecule has 48 valence electrons. The second-order valence-electron chi connectivity index (χ2n) is 1.86. The second kappa shape index (κ2) is 7.28. The third kappa shape index (κ3) is 7.28. The van der Waals surface area contributed by atoms with Crippen molar-refractivity contribution in [2.75, 3.05) is 0 Å². The molecular weight excluding hydrogens is 107 g/mol. The average molecular weight is 120 g/mol. The lowest BCUT2D eigenvalue weighted by atomic mass is 10.1. The van der Waals surface area contributed by atoms with Gasteiger partial charge < -0.3 is 0 Å². The van der Waals surface area contributed by atoms with E-state index in [1.165, 1.54) is 6.32 Å².